The molecule has 106 valence electrons. The number of aliphatic hydroxyl groups is 1. The third-order valence-corrected chi connectivity index (χ3v) is 3.50. The van der Waals surface area contributed by atoms with Gasteiger partial charge in [0.25, 0.3) is 0 Å². The first-order chi connectivity index (χ1) is 9.15. The summed E-state index contributed by atoms with van der Waals surface area (Å²) < 4.78 is 11.2. The van der Waals surface area contributed by atoms with Gasteiger partial charge in [0.1, 0.15) is 5.60 Å². The molecule has 3 atom stereocenters. The summed E-state index contributed by atoms with van der Waals surface area (Å²) in [6, 6.07) is 0. The summed E-state index contributed by atoms with van der Waals surface area (Å²) in [5.41, 5.74) is -0.554. The van der Waals surface area contributed by atoms with Crippen molar-refractivity contribution in [1.29, 1.82) is 0 Å². The molecule has 2 unspecified atom stereocenters. The van der Waals surface area contributed by atoms with Gasteiger partial charge in [-0.15, -0.1) is 0 Å². The Hall–Kier alpha value is -1.44. The largest absolute Gasteiger partial charge is 0.394 e. The molecular formula is C12H18N2O5. The fourth-order valence-electron chi connectivity index (χ4n) is 2.42. The van der Waals surface area contributed by atoms with Gasteiger partial charge in [0, 0.05) is 32.2 Å². The molecular weight excluding hydrogens is 252 g/mol. The van der Waals surface area contributed by atoms with Gasteiger partial charge in [-0.25, -0.2) is 0 Å². The quantitative estimate of drug-likeness (QED) is 0.493. The van der Waals surface area contributed by atoms with Gasteiger partial charge in [-0.3, -0.25) is 14.5 Å². The second-order valence-electron chi connectivity index (χ2n) is 4.64. The normalized spacial score (nSPS) is 33.4. The van der Waals surface area contributed by atoms with E-state index in [2.05, 4.69) is 5.32 Å². The molecule has 7 heteroatoms. The molecule has 2 rings (SSSR count). The number of nitrogens with zero attached hydrogens (tertiary/aromatic N) is 1. The standard InChI is InChI=1S/C12H18N2O5/c1-13-10(17)2-4-14(8-16)11-12(3-5-18-12)6-9(7-15)19-11/h2,4,8-9,11,15H,3,5-7H2,1H3,(H,13,17)/b4-2-/t9?,11?,12-/m1/s1. The second-order valence-corrected chi connectivity index (χ2v) is 4.64. The van der Waals surface area contributed by atoms with Crippen LogP contribution in [0.25, 0.3) is 0 Å². The van der Waals surface area contributed by atoms with E-state index in [1.54, 1.807) is 0 Å². The Labute approximate surface area is 111 Å². The number of likely N-dealkylation sites (N-methyl/N-ethyl adjacent to an activating group) is 1. The van der Waals surface area contributed by atoms with Crippen molar-refractivity contribution in [3.8, 4) is 0 Å². The van der Waals surface area contributed by atoms with E-state index >= 15 is 0 Å². The van der Waals surface area contributed by atoms with Crippen molar-refractivity contribution in [2.75, 3.05) is 20.3 Å². The fraction of sp³-hybridized carbons (Fsp3) is 0.667. The average molecular weight is 270 g/mol. The van der Waals surface area contributed by atoms with E-state index in [0.29, 0.717) is 19.4 Å². The number of hydrogen-bond donors (Lipinski definition) is 2. The Morgan fingerprint density at radius 3 is 2.84 bits per heavy atom. The first-order valence-corrected chi connectivity index (χ1v) is 6.18. The highest BCUT2D eigenvalue weighted by molar-refractivity contribution is 5.87. The molecule has 0 aromatic carbocycles. The van der Waals surface area contributed by atoms with Crippen molar-refractivity contribution in [1.82, 2.24) is 10.2 Å². The zero-order valence-corrected chi connectivity index (χ0v) is 10.7. The molecule has 2 amide bonds. The van der Waals surface area contributed by atoms with Crippen LogP contribution in [0, 0.1) is 0 Å². The molecule has 0 aliphatic carbocycles. The Kier molecular flexibility index (Phi) is 4.18. The Morgan fingerprint density at radius 2 is 2.37 bits per heavy atom. The number of amides is 2. The summed E-state index contributed by atoms with van der Waals surface area (Å²) in [4.78, 5) is 23.6. The van der Waals surface area contributed by atoms with E-state index in [9.17, 15) is 14.7 Å². The number of rotatable bonds is 5. The Morgan fingerprint density at radius 1 is 1.63 bits per heavy atom. The molecule has 19 heavy (non-hydrogen) atoms. The van der Waals surface area contributed by atoms with Gasteiger partial charge in [-0.1, -0.05) is 0 Å². The Bertz CT molecular complexity index is 380. The second kappa shape index (κ2) is 5.68. The van der Waals surface area contributed by atoms with Crippen LogP contribution in [0.3, 0.4) is 0 Å². The van der Waals surface area contributed by atoms with Crippen LogP contribution >= 0.6 is 0 Å². The van der Waals surface area contributed by atoms with Crippen molar-refractivity contribution in [2.45, 2.75) is 30.8 Å². The third-order valence-electron chi connectivity index (χ3n) is 3.50. The van der Waals surface area contributed by atoms with E-state index in [-0.39, 0.29) is 18.6 Å². The highest BCUT2D eigenvalue weighted by Crippen LogP contribution is 2.43. The van der Waals surface area contributed by atoms with Crippen LogP contribution in [-0.2, 0) is 19.1 Å². The first-order valence-electron chi connectivity index (χ1n) is 6.18. The fourth-order valence-corrected chi connectivity index (χ4v) is 2.42. The van der Waals surface area contributed by atoms with E-state index in [1.807, 2.05) is 0 Å². The molecule has 0 aromatic heterocycles. The minimum Gasteiger partial charge on any atom is -0.394 e. The molecule has 2 aliphatic rings. The van der Waals surface area contributed by atoms with Crippen molar-refractivity contribution >= 4 is 12.3 Å². The van der Waals surface area contributed by atoms with Crippen LogP contribution in [-0.4, -0.2) is 60.5 Å². The van der Waals surface area contributed by atoms with Gasteiger partial charge in [0.05, 0.1) is 19.3 Å². The number of aliphatic hydroxyl groups excluding tert-OH is 1. The maximum absolute atomic E-state index is 11.2. The molecule has 2 heterocycles. The molecule has 0 aromatic rings. The summed E-state index contributed by atoms with van der Waals surface area (Å²) in [5.74, 6) is -0.313. The number of nitrogens with one attached hydrogen (secondary N) is 1. The highest BCUT2D eigenvalue weighted by Gasteiger charge is 2.55. The number of carbonyl (C=O) groups is 2. The molecule has 0 radical (unpaired) electrons. The molecule has 2 aliphatic heterocycles. The van der Waals surface area contributed by atoms with Gasteiger partial charge in [-0.05, 0) is 0 Å². The molecule has 1 spiro atoms. The molecule has 0 saturated carbocycles. The SMILES string of the molecule is CNC(=O)/C=C\N(C=O)C1OC(CO)C[C@]12CCO2. The summed E-state index contributed by atoms with van der Waals surface area (Å²) in [5, 5.41) is 11.6. The highest BCUT2D eigenvalue weighted by atomic mass is 16.6. The minimum absolute atomic E-state index is 0.118. The smallest absolute Gasteiger partial charge is 0.245 e. The summed E-state index contributed by atoms with van der Waals surface area (Å²) in [6.45, 7) is 0.497. The molecule has 2 N–H and O–H groups in total. The maximum Gasteiger partial charge on any atom is 0.245 e. The van der Waals surface area contributed by atoms with Crippen LogP contribution in [0.1, 0.15) is 12.8 Å². The molecule has 7 nitrogen and oxygen atoms in total. The van der Waals surface area contributed by atoms with E-state index in [0.717, 1.165) is 6.42 Å². The van der Waals surface area contributed by atoms with E-state index < -0.39 is 11.8 Å². The van der Waals surface area contributed by atoms with Crippen LogP contribution in [0.5, 0.6) is 0 Å². The van der Waals surface area contributed by atoms with Crippen LogP contribution < -0.4 is 5.32 Å². The third kappa shape index (κ3) is 2.63. The summed E-state index contributed by atoms with van der Waals surface area (Å²) >= 11 is 0. The molecule has 2 fully saturated rings. The van der Waals surface area contributed by atoms with Gasteiger partial charge >= 0.3 is 0 Å². The minimum atomic E-state index is -0.600. The van der Waals surface area contributed by atoms with Crippen molar-refractivity contribution < 1.29 is 24.2 Å². The summed E-state index contributed by atoms with van der Waals surface area (Å²) in [7, 11) is 1.50. The lowest BCUT2D eigenvalue weighted by Gasteiger charge is -2.43. The van der Waals surface area contributed by atoms with Crippen LogP contribution in [0.15, 0.2) is 12.3 Å². The van der Waals surface area contributed by atoms with Crippen molar-refractivity contribution in [2.24, 2.45) is 0 Å². The van der Waals surface area contributed by atoms with Crippen molar-refractivity contribution in [3.05, 3.63) is 12.3 Å². The molecule has 2 saturated heterocycles. The average Bonchev–Trinajstić information content (AvgIpc) is 2.79. The van der Waals surface area contributed by atoms with Gasteiger partial charge in [0.2, 0.25) is 12.3 Å². The monoisotopic (exact) mass is 270 g/mol. The van der Waals surface area contributed by atoms with Crippen molar-refractivity contribution in [3.63, 3.8) is 0 Å². The predicted molar refractivity (Wildman–Crippen MR) is 64.8 cm³/mol. The molecule has 0 bridgehead atoms. The topological polar surface area (TPSA) is 88.1 Å². The zero-order valence-electron chi connectivity index (χ0n) is 10.7. The van der Waals surface area contributed by atoms with E-state index in [4.69, 9.17) is 9.47 Å². The van der Waals surface area contributed by atoms with Gasteiger partial charge in [-0.2, -0.15) is 0 Å². The van der Waals surface area contributed by atoms with Crippen LogP contribution in [0.2, 0.25) is 0 Å². The van der Waals surface area contributed by atoms with Crippen LogP contribution in [0.4, 0.5) is 0 Å². The van der Waals surface area contributed by atoms with Gasteiger partial charge in [0.15, 0.2) is 6.23 Å². The number of ether oxygens (including phenoxy) is 2. The zero-order chi connectivity index (χ0) is 13.9. The Balaban J connectivity index is 2.10. The predicted octanol–water partition coefficient (Wildman–Crippen LogP) is -1.03. The lowest BCUT2D eigenvalue weighted by molar-refractivity contribution is -0.208. The first kappa shape index (κ1) is 14.0. The maximum atomic E-state index is 11.2. The number of hydrogen-bond acceptors (Lipinski definition) is 5. The lowest BCUT2D eigenvalue weighted by Crippen LogP contribution is -2.55. The van der Waals surface area contributed by atoms with E-state index in [1.165, 1.54) is 24.2 Å². The lowest BCUT2D eigenvalue weighted by atomic mass is 9.89. The number of carbonyl (C=O) groups excluding carboxylic acids is 2. The summed E-state index contributed by atoms with van der Waals surface area (Å²) in [6.07, 6.45) is 3.57. The van der Waals surface area contributed by atoms with Gasteiger partial charge < -0.3 is 19.9 Å².